The fourth-order valence-corrected chi connectivity index (χ4v) is 3.87. The molecule has 1 heterocycles. The van der Waals surface area contributed by atoms with Crippen LogP contribution in [0.3, 0.4) is 0 Å². The minimum absolute atomic E-state index is 0.157. The highest BCUT2D eigenvalue weighted by Crippen LogP contribution is 2.38. The first kappa shape index (κ1) is 18.9. The zero-order valence-electron chi connectivity index (χ0n) is 15.4. The first-order valence-corrected chi connectivity index (χ1v) is 9.78. The highest BCUT2D eigenvalue weighted by atomic mass is 35.5. The van der Waals surface area contributed by atoms with E-state index in [9.17, 15) is 4.39 Å². The number of nitrogens with zero attached hydrogens (tertiary/aromatic N) is 1. The molecule has 0 N–H and O–H groups in total. The van der Waals surface area contributed by atoms with Gasteiger partial charge in [0.1, 0.15) is 5.82 Å². The van der Waals surface area contributed by atoms with Crippen LogP contribution < -0.4 is 4.74 Å². The van der Waals surface area contributed by atoms with E-state index in [-0.39, 0.29) is 10.8 Å². The van der Waals surface area contributed by atoms with Gasteiger partial charge in [-0.15, -0.1) is 0 Å². The van der Waals surface area contributed by atoms with Crippen LogP contribution in [0.15, 0.2) is 36.5 Å². The third-order valence-electron chi connectivity index (χ3n) is 4.98. The number of pyridine rings is 1. The first-order valence-electron chi connectivity index (χ1n) is 9.40. The molecule has 26 heavy (non-hydrogen) atoms. The van der Waals surface area contributed by atoms with Crippen LogP contribution in [0.5, 0.6) is 5.88 Å². The summed E-state index contributed by atoms with van der Waals surface area (Å²) in [6.07, 6.45) is 9.39. The van der Waals surface area contributed by atoms with Gasteiger partial charge in [0, 0.05) is 29.0 Å². The molecule has 0 radical (unpaired) electrons. The summed E-state index contributed by atoms with van der Waals surface area (Å²) in [6, 6.07) is 7.36. The molecule has 0 bridgehead atoms. The molecule has 0 fully saturated rings. The molecule has 1 aromatic carbocycles. The fourth-order valence-electron chi connectivity index (χ4n) is 3.60. The van der Waals surface area contributed by atoms with Crippen LogP contribution in [0.4, 0.5) is 4.39 Å². The Balaban J connectivity index is 1.85. The molecule has 1 aliphatic rings. The van der Waals surface area contributed by atoms with Gasteiger partial charge in [-0.1, -0.05) is 49.6 Å². The largest absolute Gasteiger partial charge is 0.478 e. The van der Waals surface area contributed by atoms with Crippen LogP contribution in [0, 0.1) is 11.7 Å². The number of hydrogen-bond donors (Lipinski definition) is 0. The minimum Gasteiger partial charge on any atom is -0.478 e. The van der Waals surface area contributed by atoms with Gasteiger partial charge < -0.3 is 4.74 Å². The predicted octanol–water partition coefficient (Wildman–Crippen LogP) is 6.92. The molecule has 0 saturated carbocycles. The maximum atomic E-state index is 15.0. The van der Waals surface area contributed by atoms with Gasteiger partial charge in [-0.2, -0.15) is 0 Å². The SMILES string of the molecule is CCCC1CC=C(c2ccc(-c3ccc(OCC)nc3)c(Cl)c2F)CC1. The molecule has 0 spiro atoms. The van der Waals surface area contributed by atoms with Gasteiger partial charge in [0.25, 0.3) is 0 Å². The molecule has 2 nitrogen and oxygen atoms in total. The van der Waals surface area contributed by atoms with Crippen molar-refractivity contribution in [3.8, 4) is 17.0 Å². The van der Waals surface area contributed by atoms with Crippen molar-refractivity contribution in [3.63, 3.8) is 0 Å². The average Bonchev–Trinajstić information content (AvgIpc) is 2.66. The van der Waals surface area contributed by atoms with E-state index in [0.29, 0.717) is 23.6 Å². The number of halogens is 2. The quantitative estimate of drug-likeness (QED) is 0.548. The molecule has 0 saturated heterocycles. The summed E-state index contributed by atoms with van der Waals surface area (Å²) < 4.78 is 20.3. The third kappa shape index (κ3) is 4.09. The molecule has 1 unspecified atom stereocenters. The van der Waals surface area contributed by atoms with E-state index in [1.165, 1.54) is 12.8 Å². The zero-order chi connectivity index (χ0) is 18.5. The lowest BCUT2D eigenvalue weighted by molar-refractivity contribution is 0.327. The topological polar surface area (TPSA) is 22.1 Å². The molecule has 2 aromatic rings. The van der Waals surface area contributed by atoms with Crippen LogP contribution >= 0.6 is 11.6 Å². The molecule has 1 atom stereocenters. The van der Waals surface area contributed by atoms with Gasteiger partial charge in [-0.3, -0.25) is 0 Å². The van der Waals surface area contributed by atoms with Crippen LogP contribution in [0.2, 0.25) is 5.02 Å². The van der Waals surface area contributed by atoms with Crippen molar-refractivity contribution in [3.05, 3.63) is 52.9 Å². The Bertz CT molecular complexity index is 785. The zero-order valence-corrected chi connectivity index (χ0v) is 16.2. The Morgan fingerprint density at radius 2 is 2.00 bits per heavy atom. The van der Waals surface area contributed by atoms with Crippen molar-refractivity contribution < 1.29 is 9.13 Å². The lowest BCUT2D eigenvalue weighted by atomic mass is 9.84. The number of allylic oxidation sites excluding steroid dienone is 2. The van der Waals surface area contributed by atoms with Crippen molar-refractivity contribution in [2.75, 3.05) is 6.61 Å². The highest BCUT2D eigenvalue weighted by molar-refractivity contribution is 6.33. The van der Waals surface area contributed by atoms with E-state index < -0.39 is 0 Å². The standard InChI is InChI=1S/C22H25ClFNO/c1-3-5-15-6-8-16(9-7-15)19-12-11-18(21(23)22(19)24)17-10-13-20(25-14-17)26-4-2/h8,10-15H,3-7,9H2,1-2H3. The summed E-state index contributed by atoms with van der Waals surface area (Å²) in [4.78, 5) is 4.24. The smallest absolute Gasteiger partial charge is 0.213 e. The third-order valence-corrected chi connectivity index (χ3v) is 5.35. The summed E-state index contributed by atoms with van der Waals surface area (Å²) in [5.74, 6) is 0.952. The van der Waals surface area contributed by atoms with Crippen LogP contribution in [0.25, 0.3) is 16.7 Å². The minimum atomic E-state index is -0.335. The van der Waals surface area contributed by atoms with E-state index in [0.717, 1.165) is 36.3 Å². The Labute approximate surface area is 160 Å². The lowest BCUT2D eigenvalue weighted by Crippen LogP contribution is -2.06. The van der Waals surface area contributed by atoms with Gasteiger partial charge in [0.15, 0.2) is 0 Å². The summed E-state index contributed by atoms with van der Waals surface area (Å²) in [7, 11) is 0. The molecular weight excluding hydrogens is 349 g/mol. The van der Waals surface area contributed by atoms with E-state index in [1.54, 1.807) is 12.3 Å². The van der Waals surface area contributed by atoms with Crippen molar-refractivity contribution in [1.82, 2.24) is 4.98 Å². The lowest BCUT2D eigenvalue weighted by Gasteiger charge is -2.22. The number of ether oxygens (including phenoxy) is 1. The molecule has 138 valence electrons. The number of aromatic nitrogens is 1. The Morgan fingerprint density at radius 1 is 1.19 bits per heavy atom. The molecule has 1 aromatic heterocycles. The van der Waals surface area contributed by atoms with Gasteiger partial charge in [0.2, 0.25) is 5.88 Å². The molecule has 3 rings (SSSR count). The van der Waals surface area contributed by atoms with E-state index in [4.69, 9.17) is 16.3 Å². The Morgan fingerprint density at radius 3 is 2.62 bits per heavy atom. The molecule has 1 aliphatic carbocycles. The van der Waals surface area contributed by atoms with Gasteiger partial charge in [-0.05, 0) is 43.7 Å². The fraction of sp³-hybridized carbons (Fsp3) is 0.409. The number of hydrogen-bond acceptors (Lipinski definition) is 2. The molecule has 4 heteroatoms. The van der Waals surface area contributed by atoms with Crippen molar-refractivity contribution in [2.45, 2.75) is 46.0 Å². The predicted molar refractivity (Wildman–Crippen MR) is 106 cm³/mol. The first-order chi connectivity index (χ1) is 12.6. The highest BCUT2D eigenvalue weighted by Gasteiger charge is 2.20. The monoisotopic (exact) mass is 373 g/mol. The summed E-state index contributed by atoms with van der Waals surface area (Å²) in [5, 5.41) is 0.157. The van der Waals surface area contributed by atoms with Crippen molar-refractivity contribution in [2.24, 2.45) is 5.92 Å². The second kappa shape index (κ2) is 8.68. The summed E-state index contributed by atoms with van der Waals surface area (Å²) in [6.45, 7) is 4.68. The summed E-state index contributed by atoms with van der Waals surface area (Å²) >= 11 is 6.37. The van der Waals surface area contributed by atoms with Gasteiger partial charge in [-0.25, -0.2) is 9.37 Å². The number of rotatable bonds is 6. The van der Waals surface area contributed by atoms with Crippen LogP contribution in [-0.2, 0) is 0 Å². The van der Waals surface area contributed by atoms with Gasteiger partial charge in [0.05, 0.1) is 11.6 Å². The maximum absolute atomic E-state index is 15.0. The maximum Gasteiger partial charge on any atom is 0.213 e. The van der Waals surface area contributed by atoms with Crippen molar-refractivity contribution in [1.29, 1.82) is 0 Å². The molecular formula is C22H25ClFNO. The van der Waals surface area contributed by atoms with Gasteiger partial charge >= 0.3 is 0 Å². The number of benzene rings is 1. The summed E-state index contributed by atoms with van der Waals surface area (Å²) in [5.41, 5.74) is 3.15. The van der Waals surface area contributed by atoms with Crippen LogP contribution in [-0.4, -0.2) is 11.6 Å². The second-order valence-corrected chi connectivity index (χ2v) is 7.14. The van der Waals surface area contributed by atoms with Crippen LogP contribution in [0.1, 0.15) is 51.5 Å². The Hall–Kier alpha value is -1.87. The molecule has 0 aliphatic heterocycles. The normalized spacial score (nSPS) is 17.1. The van der Waals surface area contributed by atoms with E-state index in [2.05, 4.69) is 18.0 Å². The van der Waals surface area contributed by atoms with Crippen molar-refractivity contribution >= 4 is 17.2 Å². The van der Waals surface area contributed by atoms with E-state index in [1.807, 2.05) is 25.1 Å². The second-order valence-electron chi connectivity index (χ2n) is 6.77. The van der Waals surface area contributed by atoms with E-state index >= 15 is 0 Å². The average molecular weight is 374 g/mol. The Kier molecular flexibility index (Phi) is 6.31. The molecule has 0 amide bonds.